The molecule has 2 fully saturated rings. The lowest BCUT2D eigenvalue weighted by Crippen LogP contribution is -2.21. The lowest BCUT2D eigenvalue weighted by Gasteiger charge is -2.18. The molecule has 2 N–H and O–H groups in total. The van der Waals surface area contributed by atoms with Crippen molar-refractivity contribution >= 4 is 24.2 Å². The molecule has 0 spiro atoms. The summed E-state index contributed by atoms with van der Waals surface area (Å²) in [6.45, 7) is 3.95. The van der Waals surface area contributed by atoms with Gasteiger partial charge in [-0.25, -0.2) is 9.37 Å². The van der Waals surface area contributed by atoms with Gasteiger partial charge in [-0.05, 0) is 61.4 Å². The zero-order chi connectivity index (χ0) is 20.1. The second-order valence-electron chi connectivity index (χ2n) is 7.33. The fourth-order valence-electron chi connectivity index (χ4n) is 4.00. The SMILES string of the molecule is Cc1cc(F)c(O)c(C=O)c1.O=CNc1ccc(N2CC3CCCC3C2)nc1. The van der Waals surface area contributed by atoms with Gasteiger partial charge in [0.05, 0.1) is 17.4 Å². The molecule has 1 aliphatic heterocycles. The zero-order valence-corrected chi connectivity index (χ0v) is 15.8. The smallest absolute Gasteiger partial charge is 0.211 e. The Morgan fingerprint density at radius 2 is 1.93 bits per heavy atom. The second-order valence-corrected chi connectivity index (χ2v) is 7.33. The Hall–Kier alpha value is -2.96. The van der Waals surface area contributed by atoms with Crippen LogP contribution in [0.3, 0.4) is 0 Å². The Morgan fingerprint density at radius 3 is 2.50 bits per heavy atom. The van der Waals surface area contributed by atoms with Crippen LogP contribution in [0.25, 0.3) is 0 Å². The molecule has 1 saturated carbocycles. The lowest BCUT2D eigenvalue weighted by molar-refractivity contribution is -0.105. The van der Waals surface area contributed by atoms with Crippen molar-refractivity contribution in [3.05, 3.63) is 47.4 Å². The largest absolute Gasteiger partial charge is 0.504 e. The molecule has 1 aliphatic carbocycles. The van der Waals surface area contributed by atoms with Crippen LogP contribution in [0.5, 0.6) is 5.75 Å². The van der Waals surface area contributed by atoms with Gasteiger partial charge in [0.15, 0.2) is 17.9 Å². The van der Waals surface area contributed by atoms with Gasteiger partial charge in [-0.2, -0.15) is 0 Å². The normalized spacial score (nSPS) is 20.1. The number of anilines is 2. The quantitative estimate of drug-likeness (QED) is 0.787. The number of aromatic hydroxyl groups is 1. The van der Waals surface area contributed by atoms with E-state index in [1.54, 1.807) is 13.1 Å². The Kier molecular flexibility index (Phi) is 6.23. The maximum absolute atomic E-state index is 12.6. The first kappa shape index (κ1) is 19.8. The number of hydrogen-bond acceptors (Lipinski definition) is 5. The molecule has 28 heavy (non-hydrogen) atoms. The maximum Gasteiger partial charge on any atom is 0.211 e. The number of benzene rings is 1. The molecule has 2 heterocycles. The van der Waals surface area contributed by atoms with Crippen LogP contribution in [0.2, 0.25) is 0 Å². The zero-order valence-electron chi connectivity index (χ0n) is 15.8. The monoisotopic (exact) mass is 385 g/mol. The molecule has 4 rings (SSSR count). The molecule has 1 saturated heterocycles. The molecule has 1 aromatic heterocycles. The average Bonchev–Trinajstić information content (AvgIpc) is 3.28. The van der Waals surface area contributed by atoms with Gasteiger partial charge in [-0.1, -0.05) is 6.42 Å². The van der Waals surface area contributed by atoms with Crippen molar-refractivity contribution in [3.63, 3.8) is 0 Å². The number of rotatable bonds is 4. The van der Waals surface area contributed by atoms with Crippen LogP contribution in [0, 0.1) is 24.6 Å². The lowest BCUT2D eigenvalue weighted by atomic mass is 10.0. The second kappa shape index (κ2) is 8.82. The average molecular weight is 385 g/mol. The minimum Gasteiger partial charge on any atom is -0.504 e. The van der Waals surface area contributed by atoms with Crippen LogP contribution in [0.15, 0.2) is 30.5 Å². The highest BCUT2D eigenvalue weighted by Gasteiger charge is 2.36. The van der Waals surface area contributed by atoms with Gasteiger partial charge in [0.2, 0.25) is 6.41 Å². The molecule has 6 nitrogen and oxygen atoms in total. The van der Waals surface area contributed by atoms with Crippen molar-refractivity contribution in [2.45, 2.75) is 26.2 Å². The molecule has 2 unspecified atom stereocenters. The summed E-state index contributed by atoms with van der Waals surface area (Å²) in [5.41, 5.74) is 1.35. The van der Waals surface area contributed by atoms with Gasteiger partial charge >= 0.3 is 0 Å². The van der Waals surface area contributed by atoms with E-state index in [1.165, 1.54) is 31.4 Å². The fraction of sp³-hybridized carbons (Fsp3) is 0.381. The minimum atomic E-state index is -0.757. The van der Waals surface area contributed by atoms with Crippen LogP contribution in [-0.2, 0) is 4.79 Å². The van der Waals surface area contributed by atoms with Gasteiger partial charge in [0, 0.05) is 13.1 Å². The summed E-state index contributed by atoms with van der Waals surface area (Å²) >= 11 is 0. The Balaban J connectivity index is 0.000000178. The molecule has 2 atom stereocenters. The number of carbonyl (C=O) groups is 2. The highest BCUT2D eigenvalue weighted by Crippen LogP contribution is 2.39. The number of halogens is 1. The van der Waals surface area contributed by atoms with Crippen LogP contribution in [0.4, 0.5) is 15.9 Å². The first-order valence-electron chi connectivity index (χ1n) is 9.37. The number of carbonyl (C=O) groups excluding carboxylic acids is 2. The molecule has 0 radical (unpaired) electrons. The number of phenols is 1. The Labute approximate surface area is 163 Å². The summed E-state index contributed by atoms with van der Waals surface area (Å²) in [4.78, 5) is 27.3. The highest BCUT2D eigenvalue weighted by atomic mass is 19.1. The fourth-order valence-corrected chi connectivity index (χ4v) is 4.00. The standard InChI is InChI=1S/C13H17N3O.C8H7FO2/c17-9-15-12-4-5-13(14-6-12)16-7-10-2-1-3-11(10)8-16;1-5-2-6(4-10)8(11)7(9)3-5/h4-6,9-11H,1-3,7-8H2,(H,15,17);2-4,11H,1H3. The summed E-state index contributed by atoms with van der Waals surface area (Å²) in [6, 6.07) is 6.49. The molecule has 0 bridgehead atoms. The van der Waals surface area contributed by atoms with E-state index < -0.39 is 11.6 Å². The molecule has 1 aromatic carbocycles. The van der Waals surface area contributed by atoms with Gasteiger partial charge < -0.3 is 15.3 Å². The van der Waals surface area contributed by atoms with E-state index in [1.807, 2.05) is 12.1 Å². The number of amides is 1. The number of fused-ring (bicyclic) bond motifs is 1. The van der Waals surface area contributed by atoms with Crippen molar-refractivity contribution in [2.75, 3.05) is 23.3 Å². The molecule has 7 heteroatoms. The van der Waals surface area contributed by atoms with Gasteiger partial charge in [-0.15, -0.1) is 0 Å². The van der Waals surface area contributed by atoms with E-state index in [2.05, 4.69) is 15.2 Å². The number of phenolic OH excluding ortho intramolecular Hbond substituents is 1. The van der Waals surface area contributed by atoms with Crippen LogP contribution < -0.4 is 10.2 Å². The summed E-state index contributed by atoms with van der Waals surface area (Å²) < 4.78 is 12.6. The van der Waals surface area contributed by atoms with E-state index in [9.17, 15) is 14.0 Å². The number of aldehydes is 1. The van der Waals surface area contributed by atoms with E-state index in [4.69, 9.17) is 5.11 Å². The summed E-state index contributed by atoms with van der Waals surface area (Å²) in [6.07, 6.45) is 6.98. The molecule has 148 valence electrons. The van der Waals surface area contributed by atoms with Gasteiger partial charge in [0.25, 0.3) is 0 Å². The maximum atomic E-state index is 12.6. The van der Waals surface area contributed by atoms with Crippen molar-refractivity contribution in [2.24, 2.45) is 11.8 Å². The van der Waals surface area contributed by atoms with Crippen LogP contribution >= 0.6 is 0 Å². The van der Waals surface area contributed by atoms with Crippen molar-refractivity contribution in [3.8, 4) is 5.75 Å². The number of pyridine rings is 1. The number of hydrogen-bond donors (Lipinski definition) is 2. The van der Waals surface area contributed by atoms with Crippen molar-refractivity contribution < 1.29 is 19.1 Å². The van der Waals surface area contributed by atoms with E-state index in [-0.39, 0.29) is 5.56 Å². The first-order valence-corrected chi connectivity index (χ1v) is 9.37. The predicted molar refractivity (Wildman–Crippen MR) is 105 cm³/mol. The summed E-state index contributed by atoms with van der Waals surface area (Å²) in [5, 5.41) is 11.5. The van der Waals surface area contributed by atoms with Gasteiger partial charge in [-0.3, -0.25) is 9.59 Å². The van der Waals surface area contributed by atoms with Crippen LogP contribution in [0.1, 0.15) is 35.2 Å². The van der Waals surface area contributed by atoms with Crippen LogP contribution in [-0.4, -0.2) is 35.9 Å². The molecule has 2 aliphatic rings. The topological polar surface area (TPSA) is 82.5 Å². The molecule has 2 aromatic rings. The predicted octanol–water partition coefficient (Wildman–Crippen LogP) is 3.54. The van der Waals surface area contributed by atoms with E-state index in [0.717, 1.165) is 36.4 Å². The number of nitrogens with one attached hydrogen (secondary N) is 1. The van der Waals surface area contributed by atoms with Crippen molar-refractivity contribution in [1.82, 2.24) is 4.98 Å². The third-order valence-electron chi connectivity index (χ3n) is 5.39. The highest BCUT2D eigenvalue weighted by molar-refractivity contribution is 5.79. The van der Waals surface area contributed by atoms with E-state index >= 15 is 0 Å². The Morgan fingerprint density at radius 1 is 1.21 bits per heavy atom. The molecule has 1 amide bonds. The van der Waals surface area contributed by atoms with Gasteiger partial charge in [0.1, 0.15) is 5.82 Å². The molecular weight excluding hydrogens is 361 g/mol. The number of aryl methyl sites for hydroxylation is 1. The number of aromatic nitrogens is 1. The minimum absolute atomic E-state index is 0.0116. The number of nitrogens with zero attached hydrogens (tertiary/aromatic N) is 2. The summed E-state index contributed by atoms with van der Waals surface area (Å²) in [5.74, 6) is 1.46. The Bertz CT molecular complexity index is 830. The van der Waals surface area contributed by atoms with E-state index in [0.29, 0.717) is 18.3 Å². The molecular formula is C21H24FN3O3. The third kappa shape index (κ3) is 4.47. The summed E-state index contributed by atoms with van der Waals surface area (Å²) in [7, 11) is 0. The third-order valence-corrected chi connectivity index (χ3v) is 5.39. The van der Waals surface area contributed by atoms with Crippen molar-refractivity contribution in [1.29, 1.82) is 0 Å². The first-order chi connectivity index (χ1) is 13.5.